The zero-order valence-corrected chi connectivity index (χ0v) is 15.1. The van der Waals surface area contributed by atoms with E-state index in [0.29, 0.717) is 24.4 Å². The lowest BCUT2D eigenvalue weighted by Gasteiger charge is -2.22. The van der Waals surface area contributed by atoms with Crippen molar-refractivity contribution in [3.63, 3.8) is 0 Å². The van der Waals surface area contributed by atoms with Crippen molar-refractivity contribution in [2.24, 2.45) is 0 Å². The van der Waals surface area contributed by atoms with Crippen LogP contribution in [0.4, 0.5) is 10.5 Å². The number of ether oxygens (including phenoxy) is 1. The van der Waals surface area contributed by atoms with Crippen molar-refractivity contribution in [2.75, 3.05) is 25.0 Å². The molecule has 138 valence electrons. The molecule has 2 amide bonds. The Labute approximate surface area is 157 Å². The van der Waals surface area contributed by atoms with Gasteiger partial charge in [-0.15, -0.1) is 0 Å². The number of benzene rings is 2. The Hall–Kier alpha value is -3.28. The molecule has 2 aromatic carbocycles. The van der Waals surface area contributed by atoms with Crippen molar-refractivity contribution < 1.29 is 14.3 Å². The van der Waals surface area contributed by atoms with Crippen molar-refractivity contribution >= 4 is 17.7 Å². The molecular weight excluding hydrogens is 342 g/mol. The topological polar surface area (TPSA) is 79.5 Å². The Balaban J connectivity index is 1.52. The highest BCUT2D eigenvalue weighted by Crippen LogP contribution is 2.37. The fraction of sp³-hybridized carbons (Fsp3) is 0.238. The molecule has 2 aliphatic rings. The highest BCUT2D eigenvalue weighted by Gasteiger charge is 2.23. The number of carbonyl (C=O) groups is 2. The third-order valence-corrected chi connectivity index (χ3v) is 4.84. The zero-order chi connectivity index (χ0) is 18.8. The third kappa shape index (κ3) is 3.38. The van der Waals surface area contributed by atoms with Crippen LogP contribution in [-0.4, -0.2) is 31.7 Å². The molecule has 0 unspecified atom stereocenters. The number of anilines is 1. The molecule has 0 bridgehead atoms. The standard InChI is InChI=1S/C21H21N3O3/c1-2-27-20(25)18-11-23-21(26)24-19(18)12-22-15-7-8-17-14(10-15)9-13-5-3-4-6-16(13)17/h3-8,10,22H,2,9,11-12H2,1H3,(H2,23,24,26). The Kier molecular flexibility index (Phi) is 4.54. The van der Waals surface area contributed by atoms with Gasteiger partial charge in [0.1, 0.15) is 0 Å². The van der Waals surface area contributed by atoms with E-state index in [-0.39, 0.29) is 12.6 Å². The number of carbonyl (C=O) groups excluding carboxylic acids is 2. The van der Waals surface area contributed by atoms with Crippen LogP contribution in [0.2, 0.25) is 0 Å². The van der Waals surface area contributed by atoms with Gasteiger partial charge < -0.3 is 20.7 Å². The smallest absolute Gasteiger partial charge is 0.337 e. The summed E-state index contributed by atoms with van der Waals surface area (Å²) in [5.74, 6) is -0.411. The van der Waals surface area contributed by atoms with Crippen molar-refractivity contribution in [3.8, 4) is 11.1 Å². The molecule has 0 radical (unpaired) electrons. The van der Waals surface area contributed by atoms with E-state index in [9.17, 15) is 9.59 Å². The molecule has 2 aromatic rings. The van der Waals surface area contributed by atoms with E-state index in [1.165, 1.54) is 22.3 Å². The van der Waals surface area contributed by atoms with Crippen LogP contribution in [0.15, 0.2) is 53.7 Å². The maximum Gasteiger partial charge on any atom is 0.337 e. The summed E-state index contributed by atoms with van der Waals surface area (Å²) in [6.07, 6.45) is 0.915. The van der Waals surface area contributed by atoms with Crippen LogP contribution in [-0.2, 0) is 16.0 Å². The Morgan fingerprint density at radius 3 is 2.81 bits per heavy atom. The van der Waals surface area contributed by atoms with Gasteiger partial charge in [0, 0.05) is 5.69 Å². The summed E-state index contributed by atoms with van der Waals surface area (Å²) >= 11 is 0. The minimum Gasteiger partial charge on any atom is -0.463 e. The predicted octanol–water partition coefficient (Wildman–Crippen LogP) is 2.80. The van der Waals surface area contributed by atoms with Crippen LogP contribution >= 0.6 is 0 Å². The second-order valence-electron chi connectivity index (χ2n) is 6.54. The molecule has 27 heavy (non-hydrogen) atoms. The molecular formula is C21H21N3O3. The summed E-state index contributed by atoms with van der Waals surface area (Å²) in [4.78, 5) is 23.8. The highest BCUT2D eigenvalue weighted by atomic mass is 16.5. The SMILES string of the molecule is CCOC(=O)C1=C(CNc2ccc3c(c2)Cc2ccccc2-3)NC(=O)NC1. The van der Waals surface area contributed by atoms with Gasteiger partial charge in [-0.3, -0.25) is 0 Å². The first-order valence-corrected chi connectivity index (χ1v) is 9.04. The van der Waals surface area contributed by atoms with Crippen molar-refractivity contribution in [1.82, 2.24) is 10.6 Å². The zero-order valence-electron chi connectivity index (χ0n) is 15.1. The molecule has 1 aliphatic carbocycles. The van der Waals surface area contributed by atoms with E-state index in [1.807, 2.05) is 6.07 Å². The van der Waals surface area contributed by atoms with Crippen molar-refractivity contribution in [3.05, 3.63) is 64.9 Å². The summed E-state index contributed by atoms with van der Waals surface area (Å²) in [5.41, 5.74) is 7.09. The lowest BCUT2D eigenvalue weighted by atomic mass is 10.1. The second kappa shape index (κ2) is 7.15. The average Bonchev–Trinajstić information content (AvgIpc) is 3.04. The van der Waals surface area contributed by atoms with Crippen molar-refractivity contribution in [1.29, 1.82) is 0 Å². The molecule has 1 heterocycles. The maximum atomic E-state index is 12.1. The van der Waals surface area contributed by atoms with Gasteiger partial charge in [-0.1, -0.05) is 30.3 Å². The van der Waals surface area contributed by atoms with Crippen LogP contribution < -0.4 is 16.0 Å². The predicted molar refractivity (Wildman–Crippen MR) is 103 cm³/mol. The monoisotopic (exact) mass is 363 g/mol. The van der Waals surface area contributed by atoms with E-state index >= 15 is 0 Å². The highest BCUT2D eigenvalue weighted by molar-refractivity contribution is 5.93. The molecule has 6 nitrogen and oxygen atoms in total. The van der Waals surface area contributed by atoms with Gasteiger partial charge in [-0.25, -0.2) is 9.59 Å². The Bertz CT molecular complexity index is 949. The van der Waals surface area contributed by atoms with Crippen LogP contribution in [0.5, 0.6) is 0 Å². The van der Waals surface area contributed by atoms with E-state index in [2.05, 4.69) is 52.3 Å². The number of hydrogen-bond donors (Lipinski definition) is 3. The number of fused-ring (bicyclic) bond motifs is 3. The number of esters is 1. The molecule has 0 saturated heterocycles. The van der Waals surface area contributed by atoms with Crippen LogP contribution in [0, 0.1) is 0 Å². The molecule has 0 fully saturated rings. The summed E-state index contributed by atoms with van der Waals surface area (Å²) in [7, 11) is 0. The first-order chi connectivity index (χ1) is 13.2. The third-order valence-electron chi connectivity index (χ3n) is 4.84. The van der Waals surface area contributed by atoms with Gasteiger partial charge in [0.05, 0.1) is 31.0 Å². The average molecular weight is 363 g/mol. The fourth-order valence-electron chi connectivity index (χ4n) is 3.54. The van der Waals surface area contributed by atoms with E-state index in [0.717, 1.165) is 12.1 Å². The summed E-state index contributed by atoms with van der Waals surface area (Å²) < 4.78 is 5.08. The molecule has 0 aromatic heterocycles. The van der Waals surface area contributed by atoms with Crippen LogP contribution in [0.25, 0.3) is 11.1 Å². The van der Waals surface area contributed by atoms with Gasteiger partial charge >= 0.3 is 12.0 Å². The largest absolute Gasteiger partial charge is 0.463 e. The van der Waals surface area contributed by atoms with Gasteiger partial charge in [-0.2, -0.15) is 0 Å². The molecule has 0 spiro atoms. The maximum absolute atomic E-state index is 12.1. The van der Waals surface area contributed by atoms with Gasteiger partial charge in [0.25, 0.3) is 0 Å². The molecule has 0 saturated carbocycles. The minimum absolute atomic E-state index is 0.168. The number of nitrogens with one attached hydrogen (secondary N) is 3. The lowest BCUT2D eigenvalue weighted by Crippen LogP contribution is -2.45. The van der Waals surface area contributed by atoms with Gasteiger partial charge in [0.15, 0.2) is 0 Å². The summed E-state index contributed by atoms with van der Waals surface area (Å²) in [6.45, 7) is 2.56. The van der Waals surface area contributed by atoms with E-state index in [1.54, 1.807) is 6.92 Å². The van der Waals surface area contributed by atoms with Crippen LogP contribution in [0.3, 0.4) is 0 Å². The minimum atomic E-state index is -0.411. The molecule has 3 N–H and O–H groups in total. The number of urea groups is 1. The lowest BCUT2D eigenvalue weighted by molar-refractivity contribution is -0.138. The number of rotatable bonds is 5. The molecule has 1 aliphatic heterocycles. The van der Waals surface area contributed by atoms with Crippen molar-refractivity contribution in [2.45, 2.75) is 13.3 Å². The quantitative estimate of drug-likeness (QED) is 0.609. The Morgan fingerprint density at radius 1 is 1.15 bits per heavy atom. The molecule has 4 rings (SSSR count). The second-order valence-corrected chi connectivity index (χ2v) is 6.54. The first kappa shape index (κ1) is 17.1. The molecule has 0 atom stereocenters. The van der Waals surface area contributed by atoms with E-state index in [4.69, 9.17) is 4.74 Å². The van der Waals surface area contributed by atoms with E-state index < -0.39 is 5.97 Å². The fourth-order valence-corrected chi connectivity index (χ4v) is 3.54. The van der Waals surface area contributed by atoms with Gasteiger partial charge in [0.2, 0.25) is 0 Å². The first-order valence-electron chi connectivity index (χ1n) is 9.04. The van der Waals surface area contributed by atoms with Gasteiger partial charge in [-0.05, 0) is 47.7 Å². The summed E-state index contributed by atoms with van der Waals surface area (Å²) in [5, 5.41) is 8.63. The summed E-state index contributed by atoms with van der Waals surface area (Å²) in [6, 6.07) is 14.4. The Morgan fingerprint density at radius 2 is 1.96 bits per heavy atom. The normalized spacial score (nSPS) is 14.8. The number of hydrogen-bond acceptors (Lipinski definition) is 4. The number of amides is 2. The van der Waals surface area contributed by atoms with Crippen LogP contribution in [0.1, 0.15) is 18.1 Å². The molecule has 6 heteroatoms.